The second kappa shape index (κ2) is 5.57. The number of nitrogens with zero attached hydrogens (tertiary/aromatic N) is 7. The Labute approximate surface area is 80.7 Å². The van der Waals surface area contributed by atoms with E-state index in [1.54, 1.807) is 0 Å². The molecule has 0 aliphatic carbocycles. The maximum atomic E-state index is 3.82. The topological polar surface area (TPSA) is 90.2 Å². The van der Waals surface area contributed by atoms with Crippen molar-refractivity contribution in [1.29, 1.82) is 0 Å². The molecule has 0 radical (unpaired) electrons. The van der Waals surface area contributed by atoms with Gasteiger partial charge in [-0.15, -0.1) is 20.4 Å². The fourth-order valence-corrected chi connectivity index (χ4v) is 0.648. The minimum absolute atomic E-state index is 0.292. The number of hydrogen-bond acceptors (Lipinski definition) is 7. The van der Waals surface area contributed by atoms with Crippen LogP contribution in [0, 0.1) is 0 Å². The van der Waals surface area contributed by atoms with E-state index in [0.29, 0.717) is 11.6 Å². The predicted molar refractivity (Wildman–Crippen MR) is 47.8 cm³/mol. The second-order valence-corrected chi connectivity index (χ2v) is 1.83. The van der Waals surface area contributed by atoms with Crippen LogP contribution in [0.3, 0.4) is 0 Å². The van der Waals surface area contributed by atoms with E-state index >= 15 is 0 Å². The highest BCUT2D eigenvalue weighted by Crippen LogP contribution is 2.00. The van der Waals surface area contributed by atoms with E-state index in [2.05, 4.69) is 35.3 Å². The normalized spacial score (nSPS) is 8.71. The summed E-state index contributed by atoms with van der Waals surface area (Å²) in [6, 6.07) is 0. The van der Waals surface area contributed by atoms with Crippen LogP contribution in [0.1, 0.15) is 13.8 Å². The zero-order valence-electron chi connectivity index (χ0n) is 7.86. The third kappa shape index (κ3) is 2.47. The van der Waals surface area contributed by atoms with Crippen molar-refractivity contribution < 1.29 is 0 Å². The molecule has 7 nitrogen and oxygen atoms in total. The third-order valence-corrected chi connectivity index (χ3v) is 1.10. The van der Waals surface area contributed by atoms with Crippen molar-refractivity contribution in [3.63, 3.8) is 0 Å². The summed E-state index contributed by atoms with van der Waals surface area (Å²) in [7, 11) is 0. The Kier molecular flexibility index (Phi) is 3.99. The average molecular weight is 191 g/mol. The summed E-state index contributed by atoms with van der Waals surface area (Å²) < 4.78 is 0. The van der Waals surface area contributed by atoms with Gasteiger partial charge in [-0.1, -0.05) is 13.8 Å². The van der Waals surface area contributed by atoms with Crippen molar-refractivity contribution in [3.8, 4) is 11.6 Å². The molecule has 2 aromatic rings. The van der Waals surface area contributed by atoms with Gasteiger partial charge in [-0.2, -0.15) is 0 Å². The largest absolute Gasteiger partial charge is 0.240 e. The Hall–Kier alpha value is -2.05. The van der Waals surface area contributed by atoms with E-state index in [0.717, 1.165) is 0 Å². The maximum Gasteiger partial charge on any atom is 0.240 e. The first-order valence-electron chi connectivity index (χ1n) is 4.09. The monoisotopic (exact) mass is 191 g/mol. The highest BCUT2D eigenvalue weighted by molar-refractivity contribution is 5.38. The molecule has 2 rings (SSSR count). The fraction of sp³-hybridized carbons (Fsp3) is 0.286. The molecule has 7 heteroatoms. The van der Waals surface area contributed by atoms with Gasteiger partial charge in [0.1, 0.15) is 12.7 Å². The first-order valence-corrected chi connectivity index (χ1v) is 4.09. The van der Waals surface area contributed by atoms with Crippen molar-refractivity contribution in [2.24, 2.45) is 0 Å². The molecule has 0 saturated carbocycles. The lowest BCUT2D eigenvalue weighted by Crippen LogP contribution is -1.97. The SMILES string of the molecule is CC.c1nnc(-c2ncncn2)nn1. The Balaban J connectivity index is 0.000000461. The molecule has 0 bridgehead atoms. The van der Waals surface area contributed by atoms with Gasteiger partial charge in [0, 0.05) is 0 Å². The van der Waals surface area contributed by atoms with Crippen LogP contribution in [0.25, 0.3) is 11.6 Å². The van der Waals surface area contributed by atoms with Gasteiger partial charge in [0.05, 0.1) is 0 Å². The molecule has 14 heavy (non-hydrogen) atoms. The maximum absolute atomic E-state index is 3.82. The number of hydrogen-bond donors (Lipinski definition) is 0. The predicted octanol–water partition coefficient (Wildman–Crippen LogP) is 0.145. The molecular weight excluding hydrogens is 182 g/mol. The van der Waals surface area contributed by atoms with Gasteiger partial charge in [-0.3, -0.25) is 0 Å². The Bertz CT molecular complexity index is 311. The Morgan fingerprint density at radius 2 is 1.36 bits per heavy atom. The van der Waals surface area contributed by atoms with E-state index in [1.165, 1.54) is 19.0 Å². The first-order chi connectivity index (χ1) is 6.97. The van der Waals surface area contributed by atoms with E-state index in [9.17, 15) is 0 Å². The number of rotatable bonds is 1. The van der Waals surface area contributed by atoms with Crippen LogP contribution < -0.4 is 0 Å². The van der Waals surface area contributed by atoms with E-state index < -0.39 is 0 Å². The van der Waals surface area contributed by atoms with Crippen LogP contribution in [0.5, 0.6) is 0 Å². The molecular formula is C7H9N7. The minimum atomic E-state index is 0.292. The van der Waals surface area contributed by atoms with Gasteiger partial charge in [0.2, 0.25) is 11.6 Å². The highest BCUT2D eigenvalue weighted by Gasteiger charge is 2.02. The molecule has 0 aromatic carbocycles. The van der Waals surface area contributed by atoms with Crippen molar-refractivity contribution in [2.45, 2.75) is 13.8 Å². The molecule has 0 atom stereocenters. The summed E-state index contributed by atoms with van der Waals surface area (Å²) >= 11 is 0. The van der Waals surface area contributed by atoms with E-state index in [1.807, 2.05) is 13.8 Å². The van der Waals surface area contributed by atoms with Crippen LogP contribution in [0.2, 0.25) is 0 Å². The minimum Gasteiger partial charge on any atom is -0.225 e. The lowest BCUT2D eigenvalue weighted by Gasteiger charge is -1.91. The Morgan fingerprint density at radius 3 is 1.93 bits per heavy atom. The third-order valence-electron chi connectivity index (χ3n) is 1.10. The first kappa shape index (κ1) is 10.0. The molecule has 0 spiro atoms. The van der Waals surface area contributed by atoms with Gasteiger partial charge < -0.3 is 0 Å². The Morgan fingerprint density at radius 1 is 0.786 bits per heavy atom. The summed E-state index contributed by atoms with van der Waals surface area (Å²) in [6.45, 7) is 4.00. The summed E-state index contributed by atoms with van der Waals surface area (Å²) in [5.41, 5.74) is 0. The van der Waals surface area contributed by atoms with Gasteiger partial charge in [-0.05, 0) is 0 Å². The second-order valence-electron chi connectivity index (χ2n) is 1.83. The van der Waals surface area contributed by atoms with Gasteiger partial charge >= 0.3 is 0 Å². The van der Waals surface area contributed by atoms with Crippen LogP contribution in [-0.4, -0.2) is 35.3 Å². The van der Waals surface area contributed by atoms with Crippen LogP contribution in [-0.2, 0) is 0 Å². The van der Waals surface area contributed by atoms with E-state index in [-0.39, 0.29) is 0 Å². The molecule has 0 aliphatic heterocycles. The molecule has 0 aliphatic rings. The average Bonchev–Trinajstić information content (AvgIpc) is 2.34. The van der Waals surface area contributed by atoms with Crippen molar-refractivity contribution in [2.75, 3.05) is 0 Å². The van der Waals surface area contributed by atoms with Gasteiger partial charge in [-0.25, -0.2) is 15.0 Å². The summed E-state index contributed by atoms with van der Waals surface area (Å²) in [5.74, 6) is 0.658. The lowest BCUT2D eigenvalue weighted by atomic mass is 10.6. The lowest BCUT2D eigenvalue weighted by molar-refractivity contribution is 0.847. The highest BCUT2D eigenvalue weighted by atomic mass is 15.3. The van der Waals surface area contributed by atoms with Gasteiger partial charge in [0.25, 0.3) is 0 Å². The molecule has 0 unspecified atom stereocenters. The molecule has 0 N–H and O–H groups in total. The van der Waals surface area contributed by atoms with Crippen LogP contribution in [0.15, 0.2) is 19.0 Å². The summed E-state index contributed by atoms with van der Waals surface area (Å²) in [6.07, 6.45) is 3.96. The van der Waals surface area contributed by atoms with E-state index in [4.69, 9.17) is 0 Å². The molecule has 0 saturated heterocycles. The zero-order valence-corrected chi connectivity index (χ0v) is 7.86. The number of aromatic nitrogens is 7. The van der Waals surface area contributed by atoms with Crippen molar-refractivity contribution in [3.05, 3.63) is 19.0 Å². The van der Waals surface area contributed by atoms with Crippen molar-refractivity contribution >= 4 is 0 Å². The van der Waals surface area contributed by atoms with Crippen LogP contribution in [0.4, 0.5) is 0 Å². The quantitative estimate of drug-likeness (QED) is 0.633. The smallest absolute Gasteiger partial charge is 0.225 e. The standard InChI is InChI=1S/C5H3N7.C2H6/c1-6-2-8-4(7-1)5-11-9-3-10-12-5;1-2/h1-3H;1-2H3. The molecule has 72 valence electrons. The fourth-order valence-electron chi connectivity index (χ4n) is 0.648. The molecule has 2 heterocycles. The zero-order chi connectivity index (χ0) is 10.2. The van der Waals surface area contributed by atoms with Gasteiger partial charge in [0.15, 0.2) is 6.33 Å². The summed E-state index contributed by atoms with van der Waals surface area (Å²) in [5, 5.41) is 14.4. The van der Waals surface area contributed by atoms with Crippen molar-refractivity contribution in [1.82, 2.24) is 35.3 Å². The summed E-state index contributed by atoms with van der Waals surface area (Å²) in [4.78, 5) is 11.3. The molecule has 0 amide bonds. The molecule has 0 fully saturated rings. The molecule has 2 aromatic heterocycles. The van der Waals surface area contributed by atoms with Crippen LogP contribution >= 0.6 is 0 Å².